The molecule has 0 unspecified atom stereocenters. The van der Waals surface area contributed by atoms with Gasteiger partial charge in [-0.2, -0.15) is 0 Å². The maximum absolute atomic E-state index is 11.9. The Labute approximate surface area is 134 Å². The molecule has 1 rings (SSSR count). The summed E-state index contributed by atoms with van der Waals surface area (Å²) in [6, 6.07) is 7.24. The summed E-state index contributed by atoms with van der Waals surface area (Å²) in [6.07, 6.45) is 6.68. The molecule has 0 heterocycles. The Morgan fingerprint density at radius 2 is 1.68 bits per heavy atom. The first-order valence-corrected chi connectivity index (χ1v) is 8.36. The molecule has 0 fully saturated rings. The van der Waals surface area contributed by atoms with Crippen molar-refractivity contribution in [2.45, 2.75) is 71.4 Å². The lowest BCUT2D eigenvalue weighted by Gasteiger charge is -2.18. The van der Waals surface area contributed by atoms with Crippen LogP contribution in [0.2, 0.25) is 0 Å². The molecule has 1 aromatic carbocycles. The molecule has 3 N–H and O–H groups in total. The highest BCUT2D eigenvalue weighted by Crippen LogP contribution is 2.11. The molecule has 2 atom stereocenters. The second-order valence-electron chi connectivity index (χ2n) is 6.14. The van der Waals surface area contributed by atoms with E-state index in [9.17, 15) is 9.90 Å². The third-order valence-electron chi connectivity index (χ3n) is 3.72. The van der Waals surface area contributed by atoms with Crippen molar-refractivity contribution < 1.29 is 9.90 Å². The molecule has 0 aromatic heterocycles. The minimum absolute atomic E-state index is 0.0526. The number of unbranched alkanes of at least 4 members (excludes halogenated alkanes) is 3. The molecule has 4 nitrogen and oxygen atoms in total. The largest absolute Gasteiger partial charge is 0.508 e. The second-order valence-corrected chi connectivity index (χ2v) is 6.14. The summed E-state index contributed by atoms with van der Waals surface area (Å²) in [7, 11) is 0. The number of nitrogens with one attached hydrogen (secondary N) is 2. The standard InChI is InChI=1S/C18H30N2O2/c1-4-5-6-7-8-14(2)19-18(22)20-15(3)13-16-9-11-17(21)12-10-16/h9-12,14-15,21H,4-8,13H2,1-3H3,(H2,19,20,22)/t14-,15-/m0/s1. The zero-order valence-corrected chi connectivity index (χ0v) is 14.1. The second kappa shape index (κ2) is 10.1. The van der Waals surface area contributed by atoms with Gasteiger partial charge in [-0.15, -0.1) is 0 Å². The zero-order valence-electron chi connectivity index (χ0n) is 14.1. The highest BCUT2D eigenvalue weighted by Gasteiger charge is 2.10. The molecule has 2 amide bonds. The Bertz CT molecular complexity index is 431. The van der Waals surface area contributed by atoms with Gasteiger partial charge in [0.05, 0.1) is 0 Å². The van der Waals surface area contributed by atoms with Crippen molar-refractivity contribution in [3.63, 3.8) is 0 Å². The van der Waals surface area contributed by atoms with E-state index < -0.39 is 0 Å². The SMILES string of the molecule is CCCCCC[C@H](C)NC(=O)N[C@@H](C)Cc1ccc(O)cc1. The van der Waals surface area contributed by atoms with Crippen LogP contribution in [0, 0.1) is 0 Å². The molecule has 0 saturated heterocycles. The molecule has 0 aliphatic carbocycles. The fourth-order valence-electron chi connectivity index (χ4n) is 2.48. The molecule has 124 valence electrons. The Kier molecular flexibility index (Phi) is 8.41. The summed E-state index contributed by atoms with van der Waals surface area (Å²) in [6.45, 7) is 6.24. The van der Waals surface area contributed by atoms with Gasteiger partial charge in [-0.05, 0) is 44.4 Å². The topological polar surface area (TPSA) is 61.4 Å². The minimum atomic E-state index is -0.103. The van der Waals surface area contributed by atoms with Gasteiger partial charge in [-0.3, -0.25) is 0 Å². The monoisotopic (exact) mass is 306 g/mol. The predicted molar refractivity (Wildman–Crippen MR) is 91.2 cm³/mol. The van der Waals surface area contributed by atoms with Crippen LogP contribution in [0.1, 0.15) is 58.4 Å². The quantitative estimate of drug-likeness (QED) is 0.604. The third kappa shape index (κ3) is 7.91. The van der Waals surface area contributed by atoms with Gasteiger partial charge in [0.1, 0.15) is 5.75 Å². The third-order valence-corrected chi connectivity index (χ3v) is 3.72. The molecule has 1 aromatic rings. The van der Waals surface area contributed by atoms with Crippen LogP contribution in [0.15, 0.2) is 24.3 Å². The molecule has 0 bridgehead atoms. The number of carbonyl (C=O) groups excluding carboxylic acids is 1. The van der Waals surface area contributed by atoms with E-state index in [0.717, 1.165) is 18.4 Å². The minimum Gasteiger partial charge on any atom is -0.508 e. The van der Waals surface area contributed by atoms with E-state index in [4.69, 9.17) is 0 Å². The normalized spacial score (nSPS) is 13.4. The fourth-order valence-corrected chi connectivity index (χ4v) is 2.48. The van der Waals surface area contributed by atoms with Gasteiger partial charge in [0.2, 0.25) is 0 Å². The first kappa shape index (κ1) is 18.3. The number of amides is 2. The van der Waals surface area contributed by atoms with E-state index in [2.05, 4.69) is 24.5 Å². The summed E-state index contributed by atoms with van der Waals surface area (Å²) in [5.74, 6) is 0.263. The van der Waals surface area contributed by atoms with Crippen LogP contribution in [0.4, 0.5) is 4.79 Å². The molecule has 0 spiro atoms. The van der Waals surface area contributed by atoms with Gasteiger partial charge in [0.15, 0.2) is 0 Å². The van der Waals surface area contributed by atoms with Gasteiger partial charge in [-0.1, -0.05) is 44.7 Å². The van der Waals surface area contributed by atoms with Gasteiger partial charge in [0, 0.05) is 12.1 Å². The van der Waals surface area contributed by atoms with Crippen LogP contribution in [-0.2, 0) is 6.42 Å². The van der Waals surface area contributed by atoms with E-state index in [1.54, 1.807) is 12.1 Å². The van der Waals surface area contributed by atoms with E-state index in [0.29, 0.717) is 0 Å². The summed E-state index contributed by atoms with van der Waals surface area (Å²) in [4.78, 5) is 11.9. The van der Waals surface area contributed by atoms with Gasteiger partial charge < -0.3 is 15.7 Å². The maximum Gasteiger partial charge on any atom is 0.315 e. The lowest BCUT2D eigenvalue weighted by molar-refractivity contribution is 0.233. The Morgan fingerprint density at radius 3 is 2.32 bits per heavy atom. The van der Waals surface area contributed by atoms with Crippen molar-refractivity contribution in [1.29, 1.82) is 0 Å². The number of hydrogen-bond acceptors (Lipinski definition) is 2. The number of rotatable bonds is 9. The summed E-state index contributed by atoms with van der Waals surface area (Å²) in [5.41, 5.74) is 1.10. The molecule has 0 radical (unpaired) electrons. The zero-order chi connectivity index (χ0) is 16.4. The molecule has 0 aliphatic heterocycles. The summed E-state index contributed by atoms with van der Waals surface area (Å²) < 4.78 is 0. The number of benzene rings is 1. The number of phenolic OH excluding ortho intramolecular Hbond substituents is 1. The highest BCUT2D eigenvalue weighted by molar-refractivity contribution is 5.74. The molecular formula is C18H30N2O2. The Morgan fingerprint density at radius 1 is 1.05 bits per heavy atom. The number of aromatic hydroxyl groups is 1. The predicted octanol–water partition coefficient (Wildman–Crippen LogP) is 3.98. The van der Waals surface area contributed by atoms with Crippen LogP contribution in [0.3, 0.4) is 0 Å². The maximum atomic E-state index is 11.9. The van der Waals surface area contributed by atoms with Gasteiger partial charge >= 0.3 is 6.03 Å². The van der Waals surface area contributed by atoms with Gasteiger partial charge in [-0.25, -0.2) is 4.79 Å². The number of hydrogen-bond donors (Lipinski definition) is 3. The van der Waals surface area contributed by atoms with Crippen LogP contribution < -0.4 is 10.6 Å². The van der Waals surface area contributed by atoms with E-state index in [1.807, 2.05) is 19.1 Å². The summed E-state index contributed by atoms with van der Waals surface area (Å²) in [5, 5.41) is 15.2. The smallest absolute Gasteiger partial charge is 0.315 e. The van der Waals surface area contributed by atoms with E-state index in [-0.39, 0.29) is 23.9 Å². The van der Waals surface area contributed by atoms with Crippen LogP contribution in [0.25, 0.3) is 0 Å². The molecular weight excluding hydrogens is 276 g/mol. The summed E-state index contributed by atoms with van der Waals surface area (Å²) >= 11 is 0. The van der Waals surface area contributed by atoms with Crippen molar-refractivity contribution in [3.05, 3.63) is 29.8 Å². The van der Waals surface area contributed by atoms with Crippen molar-refractivity contribution in [2.24, 2.45) is 0 Å². The highest BCUT2D eigenvalue weighted by atomic mass is 16.3. The van der Waals surface area contributed by atoms with Crippen molar-refractivity contribution in [2.75, 3.05) is 0 Å². The van der Waals surface area contributed by atoms with Gasteiger partial charge in [0.25, 0.3) is 0 Å². The number of carbonyl (C=O) groups is 1. The van der Waals surface area contributed by atoms with Crippen LogP contribution in [-0.4, -0.2) is 23.2 Å². The number of urea groups is 1. The number of phenols is 1. The molecule has 22 heavy (non-hydrogen) atoms. The molecule has 0 saturated carbocycles. The van der Waals surface area contributed by atoms with Crippen LogP contribution >= 0.6 is 0 Å². The first-order chi connectivity index (χ1) is 10.5. The molecule has 0 aliphatic rings. The van der Waals surface area contributed by atoms with Crippen molar-refractivity contribution in [3.8, 4) is 5.75 Å². The molecule has 4 heteroatoms. The van der Waals surface area contributed by atoms with E-state index >= 15 is 0 Å². The Balaban J connectivity index is 2.24. The first-order valence-electron chi connectivity index (χ1n) is 8.36. The average Bonchev–Trinajstić information content (AvgIpc) is 2.46. The van der Waals surface area contributed by atoms with Crippen molar-refractivity contribution in [1.82, 2.24) is 10.6 Å². The van der Waals surface area contributed by atoms with Crippen LogP contribution in [0.5, 0.6) is 5.75 Å². The van der Waals surface area contributed by atoms with E-state index in [1.165, 1.54) is 25.7 Å². The van der Waals surface area contributed by atoms with Crippen molar-refractivity contribution >= 4 is 6.03 Å². The Hall–Kier alpha value is -1.71. The fraction of sp³-hybridized carbons (Fsp3) is 0.611. The lowest BCUT2D eigenvalue weighted by atomic mass is 10.1. The lowest BCUT2D eigenvalue weighted by Crippen LogP contribution is -2.45. The average molecular weight is 306 g/mol.